The molecule has 1 aromatic rings. The zero-order chi connectivity index (χ0) is 24.9. The molecule has 5 rings (SSSR count). The minimum Gasteiger partial charge on any atom is -0.346 e. The highest BCUT2D eigenvalue weighted by Gasteiger charge is 2.50. The molecule has 4 saturated carbocycles. The minimum atomic E-state index is -0.653. The van der Waals surface area contributed by atoms with Crippen LogP contribution >= 0.6 is 11.8 Å². The number of hydrogen-bond acceptors (Lipinski definition) is 6. The molecule has 0 unspecified atom stereocenters. The van der Waals surface area contributed by atoms with Gasteiger partial charge in [-0.15, -0.1) is 0 Å². The van der Waals surface area contributed by atoms with Crippen LogP contribution in [0.4, 0.5) is 0 Å². The number of rotatable bonds is 11. The zero-order valence-electron chi connectivity index (χ0n) is 20.9. The summed E-state index contributed by atoms with van der Waals surface area (Å²) in [5.74, 6) is 2.60. The molecule has 3 amide bonds. The van der Waals surface area contributed by atoms with Gasteiger partial charge in [-0.3, -0.25) is 24.6 Å². The van der Waals surface area contributed by atoms with E-state index < -0.39 is 18.0 Å². The molecule has 192 valence electrons. The number of carbonyl (C=O) groups is 3. The number of likely N-dealkylation sites (N-methyl/N-ethyl adjacent to an activating group) is 1. The van der Waals surface area contributed by atoms with Crippen molar-refractivity contribution in [3.63, 3.8) is 0 Å². The average Bonchev–Trinajstić information content (AvgIpc) is 2.84. The van der Waals surface area contributed by atoms with Gasteiger partial charge in [0.15, 0.2) is 0 Å². The molecule has 8 heteroatoms. The first-order valence-corrected chi connectivity index (χ1v) is 14.4. The second-order valence-corrected chi connectivity index (χ2v) is 11.8. The number of carbonyl (C=O) groups excluding carboxylic acids is 3. The molecular weight excluding hydrogens is 460 g/mol. The van der Waals surface area contributed by atoms with Crippen molar-refractivity contribution < 1.29 is 14.4 Å². The number of hydrogen-bond donors (Lipinski definition) is 3. The van der Waals surface area contributed by atoms with E-state index in [4.69, 9.17) is 5.73 Å². The molecule has 7 nitrogen and oxygen atoms in total. The van der Waals surface area contributed by atoms with Crippen LogP contribution in [0.1, 0.15) is 44.1 Å². The van der Waals surface area contributed by atoms with Gasteiger partial charge in [0.05, 0.1) is 18.6 Å². The van der Waals surface area contributed by atoms with E-state index in [0.717, 1.165) is 23.2 Å². The van der Waals surface area contributed by atoms with E-state index in [0.29, 0.717) is 30.7 Å². The first-order valence-electron chi connectivity index (χ1n) is 13.0. The van der Waals surface area contributed by atoms with Crippen molar-refractivity contribution >= 4 is 29.5 Å². The lowest BCUT2D eigenvalue weighted by Gasteiger charge is -2.57. The van der Waals surface area contributed by atoms with Gasteiger partial charge in [0.1, 0.15) is 0 Å². The highest BCUT2D eigenvalue weighted by molar-refractivity contribution is 7.98. The number of nitrogens with zero attached hydrogens (tertiary/aromatic N) is 1. The summed E-state index contributed by atoms with van der Waals surface area (Å²) in [7, 11) is 2.07. The maximum Gasteiger partial charge on any atom is 0.245 e. The number of amides is 3. The summed E-state index contributed by atoms with van der Waals surface area (Å²) < 4.78 is 0. The van der Waals surface area contributed by atoms with E-state index in [2.05, 4.69) is 22.6 Å². The summed E-state index contributed by atoms with van der Waals surface area (Å²) in [4.78, 5) is 40.4. The molecule has 4 bridgehead atoms. The molecule has 0 saturated heterocycles. The molecule has 35 heavy (non-hydrogen) atoms. The Labute approximate surface area is 213 Å². The highest BCUT2D eigenvalue weighted by atomic mass is 32.2. The molecular formula is C27H40N4O3S. The van der Waals surface area contributed by atoms with E-state index in [1.165, 1.54) is 32.1 Å². The fourth-order valence-corrected chi connectivity index (χ4v) is 7.46. The second-order valence-electron chi connectivity index (χ2n) is 10.8. The van der Waals surface area contributed by atoms with Crippen molar-refractivity contribution in [3.05, 3.63) is 35.9 Å². The smallest absolute Gasteiger partial charge is 0.245 e. The van der Waals surface area contributed by atoms with Gasteiger partial charge in [0.2, 0.25) is 17.7 Å². The van der Waals surface area contributed by atoms with Gasteiger partial charge < -0.3 is 11.1 Å². The average molecular weight is 501 g/mol. The third-order valence-corrected chi connectivity index (χ3v) is 9.01. The largest absolute Gasteiger partial charge is 0.346 e. The van der Waals surface area contributed by atoms with E-state index in [1.807, 2.05) is 36.6 Å². The molecule has 4 N–H and O–H groups in total. The molecule has 0 spiro atoms. The summed E-state index contributed by atoms with van der Waals surface area (Å²) >= 11 is 1.62. The third-order valence-electron chi connectivity index (χ3n) is 8.37. The van der Waals surface area contributed by atoms with Gasteiger partial charge in [-0.25, -0.2) is 0 Å². The van der Waals surface area contributed by atoms with Crippen LogP contribution in [0.5, 0.6) is 0 Å². The zero-order valence-corrected chi connectivity index (χ0v) is 21.8. The Bertz CT molecular complexity index is 868. The quantitative estimate of drug-likeness (QED) is 0.430. The number of benzene rings is 1. The van der Waals surface area contributed by atoms with Crippen molar-refractivity contribution in [2.75, 3.05) is 25.6 Å². The summed E-state index contributed by atoms with van der Waals surface area (Å²) in [6.45, 7) is -0.253. The Kier molecular flexibility index (Phi) is 8.89. The van der Waals surface area contributed by atoms with E-state index >= 15 is 0 Å². The van der Waals surface area contributed by atoms with Crippen LogP contribution in [0.15, 0.2) is 30.3 Å². The van der Waals surface area contributed by atoms with Crippen LogP contribution < -0.4 is 16.4 Å². The van der Waals surface area contributed by atoms with Crippen molar-refractivity contribution in [2.45, 2.75) is 63.1 Å². The normalized spacial score (nSPS) is 28.5. The lowest BCUT2D eigenvalue weighted by molar-refractivity contribution is -0.137. The van der Waals surface area contributed by atoms with Gasteiger partial charge in [0.25, 0.3) is 0 Å². The van der Waals surface area contributed by atoms with Crippen molar-refractivity contribution in [1.29, 1.82) is 0 Å². The lowest BCUT2D eigenvalue weighted by Crippen LogP contribution is -2.60. The van der Waals surface area contributed by atoms with Gasteiger partial charge in [-0.1, -0.05) is 30.3 Å². The molecule has 1 aromatic carbocycles. The van der Waals surface area contributed by atoms with E-state index in [-0.39, 0.29) is 18.4 Å². The summed E-state index contributed by atoms with van der Waals surface area (Å²) in [6, 6.07) is 9.28. The van der Waals surface area contributed by atoms with E-state index in [1.54, 1.807) is 11.8 Å². The van der Waals surface area contributed by atoms with Crippen molar-refractivity contribution in [2.24, 2.45) is 29.4 Å². The van der Waals surface area contributed by atoms with Crippen molar-refractivity contribution in [3.8, 4) is 0 Å². The Morgan fingerprint density at radius 1 is 1.03 bits per heavy atom. The fraction of sp³-hybridized carbons (Fsp3) is 0.667. The molecule has 4 aliphatic rings. The lowest BCUT2D eigenvalue weighted by atomic mass is 9.53. The SMILES string of the molecule is CSCC[C@@H](N)C(=O)NCC(=O)NC(=O)[C@H](Cc1ccccc1)N(C)C1C2CC3CC(C2)CC1C3. The third kappa shape index (κ3) is 6.46. The maximum atomic E-state index is 13.4. The first kappa shape index (κ1) is 26.2. The van der Waals surface area contributed by atoms with Crippen LogP contribution in [-0.2, 0) is 20.8 Å². The van der Waals surface area contributed by atoms with Gasteiger partial charge in [0, 0.05) is 6.04 Å². The van der Waals surface area contributed by atoms with Crippen LogP contribution in [-0.4, -0.2) is 66.3 Å². The second kappa shape index (κ2) is 11.9. The van der Waals surface area contributed by atoms with Crippen LogP contribution in [0, 0.1) is 23.7 Å². The van der Waals surface area contributed by atoms with Gasteiger partial charge in [-0.05, 0) is 93.2 Å². The molecule has 0 aliphatic heterocycles. The number of nitrogens with one attached hydrogen (secondary N) is 2. The number of nitrogens with two attached hydrogens (primary N) is 1. The Balaban J connectivity index is 1.40. The Morgan fingerprint density at radius 2 is 1.66 bits per heavy atom. The Morgan fingerprint density at radius 3 is 2.26 bits per heavy atom. The van der Waals surface area contributed by atoms with E-state index in [9.17, 15) is 14.4 Å². The topological polar surface area (TPSA) is 105 Å². The molecule has 4 fully saturated rings. The van der Waals surface area contributed by atoms with Gasteiger partial charge >= 0.3 is 0 Å². The number of imide groups is 1. The monoisotopic (exact) mass is 500 g/mol. The summed E-state index contributed by atoms with van der Waals surface area (Å²) in [6.07, 6.45) is 9.50. The molecule has 0 aromatic heterocycles. The predicted octanol–water partition coefficient (Wildman–Crippen LogP) is 2.19. The van der Waals surface area contributed by atoms with Crippen LogP contribution in [0.3, 0.4) is 0 Å². The first-order chi connectivity index (χ1) is 16.9. The van der Waals surface area contributed by atoms with Crippen LogP contribution in [0.2, 0.25) is 0 Å². The highest BCUT2D eigenvalue weighted by Crippen LogP contribution is 2.55. The number of thioether (sulfide) groups is 1. The summed E-state index contributed by atoms with van der Waals surface area (Å²) in [5.41, 5.74) is 6.95. The standard InChI is InChI=1S/C27H40N4O3S/c1-31(25-20-11-18-10-19(13-20)14-21(25)12-18)23(15-17-6-4-3-5-7-17)27(34)30-24(32)16-29-26(33)22(28)8-9-35-2/h3-7,18-23,25H,8-16,28H2,1-2H3,(H,29,33)(H,30,32,34)/t18?,19?,20?,21?,22-,23+,25?/m1/s1. The van der Waals surface area contributed by atoms with Crippen molar-refractivity contribution in [1.82, 2.24) is 15.5 Å². The molecule has 0 heterocycles. The fourth-order valence-electron chi connectivity index (χ4n) is 6.97. The summed E-state index contributed by atoms with van der Waals surface area (Å²) in [5, 5.41) is 5.13. The Hall–Kier alpha value is -1.90. The predicted molar refractivity (Wildman–Crippen MR) is 140 cm³/mol. The minimum absolute atomic E-state index is 0.253. The van der Waals surface area contributed by atoms with Crippen LogP contribution in [0.25, 0.3) is 0 Å². The van der Waals surface area contributed by atoms with Gasteiger partial charge in [-0.2, -0.15) is 11.8 Å². The molecule has 2 atom stereocenters. The molecule has 0 radical (unpaired) electrons. The maximum absolute atomic E-state index is 13.4. The molecule has 4 aliphatic carbocycles.